The molecule has 1 aromatic heterocycles. The predicted molar refractivity (Wildman–Crippen MR) is 78.4 cm³/mol. The van der Waals surface area contributed by atoms with Crippen LogP contribution in [0.15, 0.2) is 22.6 Å². The van der Waals surface area contributed by atoms with Crippen LogP contribution in [-0.4, -0.2) is 17.8 Å². The summed E-state index contributed by atoms with van der Waals surface area (Å²) in [5.74, 6) is 0.949. The average molecular weight is 261 g/mol. The summed E-state index contributed by atoms with van der Waals surface area (Å²) in [5.41, 5.74) is 3.48. The number of fused-ring (bicyclic) bond motifs is 1. The van der Waals surface area contributed by atoms with Gasteiger partial charge in [-0.1, -0.05) is 0 Å². The maximum absolute atomic E-state index is 8.93. The molecule has 0 spiro atoms. The fourth-order valence-electron chi connectivity index (χ4n) is 2.32. The van der Waals surface area contributed by atoms with Gasteiger partial charge in [0.1, 0.15) is 11.3 Å². The summed E-state index contributed by atoms with van der Waals surface area (Å²) in [6.45, 7) is 8.59. The molecule has 1 heterocycles. The van der Waals surface area contributed by atoms with Crippen molar-refractivity contribution in [1.29, 1.82) is 0 Å². The first kappa shape index (κ1) is 14.1. The van der Waals surface area contributed by atoms with Crippen LogP contribution in [0.1, 0.15) is 43.2 Å². The van der Waals surface area contributed by atoms with E-state index in [2.05, 4.69) is 51.2 Å². The topological polar surface area (TPSA) is 45.4 Å². The molecule has 3 heteroatoms. The van der Waals surface area contributed by atoms with Crippen molar-refractivity contribution in [3.05, 3.63) is 35.1 Å². The van der Waals surface area contributed by atoms with E-state index in [1.165, 1.54) is 11.1 Å². The second kappa shape index (κ2) is 5.76. The number of rotatable bonds is 5. The molecule has 0 saturated carbocycles. The highest BCUT2D eigenvalue weighted by molar-refractivity contribution is 5.79. The van der Waals surface area contributed by atoms with Gasteiger partial charge in [0.25, 0.3) is 0 Å². The average Bonchev–Trinajstić information content (AvgIpc) is 2.73. The van der Waals surface area contributed by atoms with Gasteiger partial charge in [0.2, 0.25) is 0 Å². The van der Waals surface area contributed by atoms with Crippen LogP contribution < -0.4 is 5.32 Å². The molecule has 104 valence electrons. The number of aliphatic hydroxyl groups is 1. The Balaban J connectivity index is 2.21. The Hall–Kier alpha value is -1.32. The highest BCUT2D eigenvalue weighted by atomic mass is 16.3. The monoisotopic (exact) mass is 261 g/mol. The highest BCUT2D eigenvalue weighted by Crippen LogP contribution is 2.26. The number of benzene rings is 1. The molecule has 0 aliphatic rings. The Labute approximate surface area is 114 Å². The fourth-order valence-corrected chi connectivity index (χ4v) is 2.32. The van der Waals surface area contributed by atoms with Crippen LogP contribution in [0.2, 0.25) is 0 Å². The van der Waals surface area contributed by atoms with Gasteiger partial charge in [-0.2, -0.15) is 0 Å². The normalized spacial score (nSPS) is 14.8. The molecule has 19 heavy (non-hydrogen) atoms. The third-order valence-electron chi connectivity index (χ3n) is 3.68. The molecule has 0 saturated heterocycles. The molecule has 0 fully saturated rings. The fraction of sp³-hybridized carbons (Fsp3) is 0.500. The molecule has 1 unspecified atom stereocenters. The zero-order chi connectivity index (χ0) is 14.0. The molecule has 2 atom stereocenters. The first-order chi connectivity index (χ1) is 9.01. The summed E-state index contributed by atoms with van der Waals surface area (Å²) in [6, 6.07) is 6.79. The summed E-state index contributed by atoms with van der Waals surface area (Å²) < 4.78 is 5.92. The minimum Gasteiger partial charge on any atom is -0.459 e. The van der Waals surface area contributed by atoms with E-state index in [0.717, 1.165) is 23.2 Å². The molecule has 0 aliphatic carbocycles. The second-order valence-corrected chi connectivity index (χ2v) is 5.42. The summed E-state index contributed by atoms with van der Waals surface area (Å²) in [7, 11) is 0. The largest absolute Gasteiger partial charge is 0.459 e. The van der Waals surface area contributed by atoms with Gasteiger partial charge in [0.05, 0.1) is 6.04 Å². The molecular weight excluding hydrogens is 238 g/mol. The molecular formula is C16H23NO2. The molecule has 0 aliphatic heterocycles. The summed E-state index contributed by atoms with van der Waals surface area (Å²) in [5, 5.41) is 13.5. The van der Waals surface area contributed by atoms with Crippen LogP contribution in [0.5, 0.6) is 0 Å². The number of hydrogen-bond acceptors (Lipinski definition) is 3. The van der Waals surface area contributed by atoms with E-state index in [1.54, 1.807) is 0 Å². The molecule has 2 aromatic rings. The Morgan fingerprint density at radius 3 is 2.53 bits per heavy atom. The molecule has 1 aromatic carbocycles. The van der Waals surface area contributed by atoms with Crippen LogP contribution in [-0.2, 0) is 0 Å². The SMILES string of the molecule is Cc1cc2cc(C(C)N[C@H](C)CCO)oc2cc1C. The molecule has 0 amide bonds. The van der Waals surface area contributed by atoms with Crippen LogP contribution >= 0.6 is 0 Å². The van der Waals surface area contributed by atoms with Crippen molar-refractivity contribution in [1.82, 2.24) is 5.32 Å². The second-order valence-electron chi connectivity index (χ2n) is 5.42. The lowest BCUT2D eigenvalue weighted by molar-refractivity contribution is 0.261. The van der Waals surface area contributed by atoms with E-state index in [9.17, 15) is 0 Å². The zero-order valence-corrected chi connectivity index (χ0v) is 12.2. The molecule has 2 rings (SSSR count). The van der Waals surface area contributed by atoms with E-state index in [0.29, 0.717) is 0 Å². The highest BCUT2D eigenvalue weighted by Gasteiger charge is 2.14. The van der Waals surface area contributed by atoms with Gasteiger partial charge < -0.3 is 14.8 Å². The van der Waals surface area contributed by atoms with Crippen molar-refractivity contribution in [3.8, 4) is 0 Å². The predicted octanol–water partition coefficient (Wildman–Crippen LogP) is 3.47. The van der Waals surface area contributed by atoms with Gasteiger partial charge >= 0.3 is 0 Å². The van der Waals surface area contributed by atoms with Gasteiger partial charge in [0.15, 0.2) is 0 Å². The molecule has 3 nitrogen and oxygen atoms in total. The van der Waals surface area contributed by atoms with Crippen molar-refractivity contribution in [2.75, 3.05) is 6.61 Å². The lowest BCUT2D eigenvalue weighted by Gasteiger charge is -2.17. The van der Waals surface area contributed by atoms with E-state index < -0.39 is 0 Å². The standard InChI is InChI=1S/C16H23NO2/c1-10-7-14-9-15(19-16(14)8-11(10)2)13(4)17-12(3)5-6-18/h7-9,12-13,17-18H,5-6H2,1-4H3/t12-,13?/m1/s1. The number of furan rings is 1. The number of hydrogen-bond donors (Lipinski definition) is 2. The van der Waals surface area contributed by atoms with Crippen molar-refractivity contribution in [2.24, 2.45) is 0 Å². The summed E-state index contributed by atoms with van der Waals surface area (Å²) in [6.07, 6.45) is 0.753. The Morgan fingerprint density at radius 2 is 1.84 bits per heavy atom. The maximum atomic E-state index is 8.93. The molecule has 0 radical (unpaired) electrons. The lowest BCUT2D eigenvalue weighted by atomic mass is 10.1. The minimum atomic E-state index is 0.148. The Kier molecular flexibility index (Phi) is 4.27. The van der Waals surface area contributed by atoms with Crippen LogP contribution in [0, 0.1) is 13.8 Å². The third kappa shape index (κ3) is 3.17. The molecule has 0 bridgehead atoms. The van der Waals surface area contributed by atoms with Crippen molar-refractivity contribution < 1.29 is 9.52 Å². The number of nitrogens with one attached hydrogen (secondary N) is 1. The number of aryl methyl sites for hydroxylation is 2. The Bertz CT molecular complexity index is 520. The van der Waals surface area contributed by atoms with Crippen molar-refractivity contribution in [2.45, 2.75) is 46.2 Å². The zero-order valence-electron chi connectivity index (χ0n) is 12.2. The minimum absolute atomic E-state index is 0.148. The van der Waals surface area contributed by atoms with Crippen LogP contribution in [0.25, 0.3) is 11.0 Å². The smallest absolute Gasteiger partial charge is 0.134 e. The van der Waals surface area contributed by atoms with Crippen LogP contribution in [0.4, 0.5) is 0 Å². The first-order valence-corrected chi connectivity index (χ1v) is 6.89. The van der Waals surface area contributed by atoms with E-state index in [1.807, 2.05) is 0 Å². The van der Waals surface area contributed by atoms with Gasteiger partial charge in [-0.05, 0) is 63.4 Å². The van der Waals surface area contributed by atoms with Crippen molar-refractivity contribution in [3.63, 3.8) is 0 Å². The van der Waals surface area contributed by atoms with Crippen LogP contribution in [0.3, 0.4) is 0 Å². The van der Waals surface area contributed by atoms with E-state index in [-0.39, 0.29) is 18.7 Å². The Morgan fingerprint density at radius 1 is 1.16 bits per heavy atom. The maximum Gasteiger partial charge on any atom is 0.134 e. The quantitative estimate of drug-likeness (QED) is 0.866. The molecule has 2 N–H and O–H groups in total. The summed E-state index contributed by atoms with van der Waals surface area (Å²) >= 11 is 0. The van der Waals surface area contributed by atoms with Gasteiger partial charge in [-0.25, -0.2) is 0 Å². The summed E-state index contributed by atoms with van der Waals surface area (Å²) in [4.78, 5) is 0. The van der Waals surface area contributed by atoms with Crippen molar-refractivity contribution >= 4 is 11.0 Å². The lowest BCUT2D eigenvalue weighted by Crippen LogP contribution is -2.29. The number of aliphatic hydroxyl groups excluding tert-OH is 1. The van der Waals surface area contributed by atoms with Gasteiger partial charge in [-0.15, -0.1) is 0 Å². The third-order valence-corrected chi connectivity index (χ3v) is 3.68. The van der Waals surface area contributed by atoms with Gasteiger partial charge in [-0.3, -0.25) is 0 Å². The first-order valence-electron chi connectivity index (χ1n) is 6.89. The van der Waals surface area contributed by atoms with Gasteiger partial charge in [0, 0.05) is 18.0 Å². The van der Waals surface area contributed by atoms with E-state index >= 15 is 0 Å². The van der Waals surface area contributed by atoms with E-state index in [4.69, 9.17) is 9.52 Å².